The van der Waals surface area contributed by atoms with E-state index in [1.54, 1.807) is 0 Å². The zero-order valence-corrected chi connectivity index (χ0v) is 10.2. The highest BCUT2D eigenvalue weighted by Gasteiger charge is 2.10. The Hall–Kier alpha value is -1.08. The molecule has 1 rings (SSSR count). The van der Waals surface area contributed by atoms with E-state index in [0.29, 0.717) is 0 Å². The molecule has 0 saturated heterocycles. The van der Waals surface area contributed by atoms with E-state index < -0.39 is 8.07 Å². The smallest absolute Gasteiger partial charge is 0.0695 e. The molecule has 0 aliphatic heterocycles. The lowest BCUT2D eigenvalue weighted by atomic mass is 10.1. The highest BCUT2D eigenvalue weighted by Crippen LogP contribution is 2.18. The van der Waals surface area contributed by atoms with Gasteiger partial charge in [0.15, 0.2) is 0 Å². The molecule has 0 unspecified atom stereocenters. The van der Waals surface area contributed by atoms with Gasteiger partial charge in [0.2, 0.25) is 0 Å². The van der Waals surface area contributed by atoms with Crippen molar-refractivity contribution in [1.82, 2.24) is 0 Å². The first-order valence-corrected chi connectivity index (χ1v) is 8.51. The fourth-order valence-corrected chi connectivity index (χ4v) is 2.57. The van der Waals surface area contributed by atoms with E-state index in [9.17, 15) is 0 Å². The molecule has 14 heavy (non-hydrogen) atoms. The summed E-state index contributed by atoms with van der Waals surface area (Å²) in [5, 5.41) is 0. The van der Waals surface area contributed by atoms with Crippen LogP contribution in [-0.4, -0.2) is 8.07 Å². The van der Waals surface area contributed by atoms with Crippen LogP contribution in [0, 0.1) is 0 Å². The van der Waals surface area contributed by atoms with Crippen molar-refractivity contribution in [3.05, 3.63) is 54.2 Å². The van der Waals surface area contributed by atoms with Gasteiger partial charge < -0.3 is 0 Å². The van der Waals surface area contributed by atoms with E-state index >= 15 is 0 Å². The van der Waals surface area contributed by atoms with Gasteiger partial charge in [-0.1, -0.05) is 68.3 Å². The molecule has 0 aliphatic carbocycles. The third kappa shape index (κ3) is 3.34. The lowest BCUT2D eigenvalue weighted by Gasteiger charge is -2.12. The monoisotopic (exact) mass is 202 g/mol. The summed E-state index contributed by atoms with van der Waals surface area (Å²) in [6.07, 6.45) is 1.95. The molecular formula is C13H18Si. The molecule has 0 spiro atoms. The third-order valence-electron chi connectivity index (χ3n) is 1.92. The molecule has 0 nitrogen and oxygen atoms in total. The van der Waals surface area contributed by atoms with Crippen molar-refractivity contribution in [3.8, 4) is 0 Å². The van der Waals surface area contributed by atoms with Crippen molar-refractivity contribution in [2.24, 2.45) is 0 Å². The van der Waals surface area contributed by atoms with Gasteiger partial charge >= 0.3 is 0 Å². The van der Waals surface area contributed by atoms with Crippen molar-refractivity contribution >= 4 is 13.6 Å². The fourth-order valence-electron chi connectivity index (χ4n) is 1.36. The summed E-state index contributed by atoms with van der Waals surface area (Å²) in [5.41, 5.74) is 4.92. The Morgan fingerprint density at radius 1 is 1.14 bits per heavy atom. The first-order chi connectivity index (χ1) is 6.53. The van der Waals surface area contributed by atoms with Crippen LogP contribution in [0.1, 0.15) is 5.56 Å². The second-order valence-electron chi connectivity index (χ2n) is 4.54. The van der Waals surface area contributed by atoms with Crippen LogP contribution in [0.2, 0.25) is 19.6 Å². The van der Waals surface area contributed by atoms with Crippen LogP contribution < -0.4 is 0 Å². The minimum Gasteiger partial charge on any atom is -0.0985 e. The molecule has 0 saturated carbocycles. The Morgan fingerprint density at radius 2 is 1.71 bits per heavy atom. The fraction of sp³-hybridized carbons (Fsp3) is 0.231. The summed E-state index contributed by atoms with van der Waals surface area (Å²) < 4.78 is 0. The zero-order valence-electron chi connectivity index (χ0n) is 9.25. The van der Waals surface area contributed by atoms with Gasteiger partial charge in [0.25, 0.3) is 0 Å². The first kappa shape index (κ1) is 11.0. The molecule has 0 amide bonds. The van der Waals surface area contributed by atoms with Gasteiger partial charge in [0, 0.05) is 0 Å². The number of benzene rings is 1. The minimum atomic E-state index is -1.16. The zero-order chi connectivity index (χ0) is 10.6. The van der Waals surface area contributed by atoms with E-state index in [2.05, 4.69) is 56.2 Å². The summed E-state index contributed by atoms with van der Waals surface area (Å²) in [6.45, 7) is 10.9. The van der Waals surface area contributed by atoms with Crippen molar-refractivity contribution in [3.63, 3.8) is 0 Å². The molecule has 0 radical (unpaired) electrons. The topological polar surface area (TPSA) is 0 Å². The van der Waals surface area contributed by atoms with Gasteiger partial charge in [-0.3, -0.25) is 0 Å². The SMILES string of the molecule is C=C/C(=C/[Si](C)(C)C)c1ccccc1. The molecule has 0 fully saturated rings. The molecule has 0 atom stereocenters. The lowest BCUT2D eigenvalue weighted by molar-refractivity contribution is 1.62. The third-order valence-corrected chi connectivity index (χ3v) is 3.09. The van der Waals surface area contributed by atoms with Crippen LogP contribution in [0.3, 0.4) is 0 Å². The Labute approximate surface area is 88.0 Å². The highest BCUT2D eigenvalue weighted by atomic mass is 28.3. The Kier molecular flexibility index (Phi) is 3.47. The molecule has 0 aromatic heterocycles. The number of hydrogen-bond donors (Lipinski definition) is 0. The molecule has 0 heterocycles. The van der Waals surface area contributed by atoms with Gasteiger partial charge in [-0.25, -0.2) is 0 Å². The van der Waals surface area contributed by atoms with Crippen molar-refractivity contribution < 1.29 is 0 Å². The first-order valence-electron chi connectivity index (χ1n) is 4.93. The van der Waals surface area contributed by atoms with E-state index in [4.69, 9.17) is 0 Å². The molecule has 0 N–H and O–H groups in total. The van der Waals surface area contributed by atoms with E-state index in [0.717, 1.165) is 0 Å². The van der Waals surface area contributed by atoms with E-state index in [-0.39, 0.29) is 0 Å². The van der Waals surface area contributed by atoms with Crippen molar-refractivity contribution in [2.45, 2.75) is 19.6 Å². The van der Waals surface area contributed by atoms with Crippen molar-refractivity contribution in [1.29, 1.82) is 0 Å². The van der Waals surface area contributed by atoms with Gasteiger partial charge in [-0.15, -0.1) is 0 Å². The molecular weight excluding hydrogens is 184 g/mol. The summed E-state index contributed by atoms with van der Waals surface area (Å²) in [4.78, 5) is 0. The summed E-state index contributed by atoms with van der Waals surface area (Å²) in [7, 11) is -1.16. The average Bonchev–Trinajstić information content (AvgIpc) is 2.14. The predicted molar refractivity (Wildman–Crippen MR) is 68.0 cm³/mol. The quantitative estimate of drug-likeness (QED) is 0.510. The Bertz CT molecular complexity index is 328. The second-order valence-corrected chi connectivity index (χ2v) is 9.56. The number of allylic oxidation sites excluding steroid dienone is 2. The maximum atomic E-state index is 3.88. The number of hydrogen-bond acceptors (Lipinski definition) is 0. The average molecular weight is 202 g/mol. The van der Waals surface area contributed by atoms with Crippen LogP contribution in [0.4, 0.5) is 0 Å². The van der Waals surface area contributed by atoms with Gasteiger partial charge in [0.1, 0.15) is 0 Å². The molecule has 0 aliphatic rings. The maximum Gasteiger partial charge on any atom is 0.0695 e. The normalized spacial score (nSPS) is 12.6. The lowest BCUT2D eigenvalue weighted by Crippen LogP contribution is -2.16. The molecule has 74 valence electrons. The standard InChI is InChI=1S/C13H18Si/c1-5-12(11-14(2,3)4)13-9-7-6-8-10-13/h5-11H,1H2,2-4H3/b12-11-. The predicted octanol–water partition coefficient (Wildman–Crippen LogP) is 4.13. The van der Waals surface area contributed by atoms with Crippen molar-refractivity contribution in [2.75, 3.05) is 0 Å². The largest absolute Gasteiger partial charge is 0.0985 e. The van der Waals surface area contributed by atoms with Gasteiger partial charge in [-0.2, -0.15) is 0 Å². The summed E-state index contributed by atoms with van der Waals surface area (Å²) in [5.74, 6) is 0. The van der Waals surface area contributed by atoms with Crippen LogP contribution >= 0.6 is 0 Å². The Morgan fingerprint density at radius 3 is 2.14 bits per heavy atom. The molecule has 1 aromatic rings. The van der Waals surface area contributed by atoms with Crippen LogP contribution in [0.25, 0.3) is 5.57 Å². The Balaban J connectivity index is 3.06. The number of rotatable bonds is 3. The minimum absolute atomic E-state index is 1.16. The van der Waals surface area contributed by atoms with Crippen LogP contribution in [0.15, 0.2) is 48.7 Å². The van der Waals surface area contributed by atoms with E-state index in [1.165, 1.54) is 11.1 Å². The highest BCUT2D eigenvalue weighted by molar-refractivity contribution is 6.81. The van der Waals surface area contributed by atoms with Gasteiger partial charge in [0.05, 0.1) is 8.07 Å². The van der Waals surface area contributed by atoms with Crippen LogP contribution in [-0.2, 0) is 0 Å². The van der Waals surface area contributed by atoms with Crippen LogP contribution in [0.5, 0.6) is 0 Å². The second kappa shape index (κ2) is 4.42. The summed E-state index contributed by atoms with van der Waals surface area (Å²) in [6, 6.07) is 10.4. The molecule has 0 bridgehead atoms. The molecule has 1 heteroatoms. The summed E-state index contributed by atoms with van der Waals surface area (Å²) >= 11 is 0. The van der Waals surface area contributed by atoms with Gasteiger partial charge in [-0.05, 0) is 11.1 Å². The molecule has 1 aromatic carbocycles. The maximum absolute atomic E-state index is 3.88. The van der Waals surface area contributed by atoms with E-state index in [1.807, 2.05) is 12.1 Å².